The minimum absolute atomic E-state index is 0.0342. The molecule has 0 aliphatic carbocycles. The molecule has 3 rings (SSSR count). The smallest absolute Gasteiger partial charge is 0.325 e. The van der Waals surface area contributed by atoms with Crippen LogP contribution < -0.4 is 31.6 Å². The molecule has 0 spiro atoms. The third-order valence-electron chi connectivity index (χ3n) is 10.3. The minimum atomic E-state index is -4.08. The molecule has 1 fully saturated rings. The maximum Gasteiger partial charge on any atom is 0.325 e. The van der Waals surface area contributed by atoms with Gasteiger partial charge in [-0.25, -0.2) is 13.1 Å². The minimum Gasteiger partial charge on any atom is -0.496 e. The Morgan fingerprint density at radius 3 is 2.40 bits per heavy atom. The number of carbonyl (C=O) groups excluding carboxylic acids is 3. The van der Waals surface area contributed by atoms with E-state index in [0.717, 1.165) is 5.56 Å². The largest absolute Gasteiger partial charge is 0.496 e. The van der Waals surface area contributed by atoms with Crippen LogP contribution in [0, 0.1) is 20.8 Å². The number of aliphatic imine (C=N–C) groups is 1. The molecule has 0 radical (unpaired) electrons. The fourth-order valence-corrected chi connectivity index (χ4v) is 8.58. The van der Waals surface area contributed by atoms with Crippen LogP contribution in [-0.2, 0) is 40.2 Å². The molecule has 2 aromatic rings. The van der Waals surface area contributed by atoms with Crippen molar-refractivity contribution in [3.8, 4) is 5.75 Å². The summed E-state index contributed by atoms with van der Waals surface area (Å²) in [4.78, 5) is 45.9. The lowest BCUT2D eigenvalue weighted by atomic mass is 10.1. The van der Waals surface area contributed by atoms with Crippen LogP contribution in [0.2, 0.25) is 18.1 Å². The zero-order chi connectivity index (χ0) is 41.1. The Labute approximate surface area is 327 Å². The molecule has 15 nitrogen and oxygen atoms in total. The summed E-state index contributed by atoms with van der Waals surface area (Å²) in [6, 6.07) is 8.93. The van der Waals surface area contributed by atoms with E-state index in [1.165, 1.54) is 7.11 Å². The first-order chi connectivity index (χ1) is 25.7. The summed E-state index contributed by atoms with van der Waals surface area (Å²) in [5, 5.41) is 5.48. The van der Waals surface area contributed by atoms with Crippen molar-refractivity contribution >= 4 is 42.1 Å². The summed E-state index contributed by atoms with van der Waals surface area (Å²) >= 11 is 0. The Morgan fingerprint density at radius 2 is 1.76 bits per heavy atom. The van der Waals surface area contributed by atoms with Crippen molar-refractivity contribution in [3.05, 3.63) is 58.7 Å². The zero-order valence-electron chi connectivity index (χ0n) is 33.8. The molecule has 55 heavy (non-hydrogen) atoms. The van der Waals surface area contributed by atoms with Gasteiger partial charge in [-0.2, -0.15) is 0 Å². The molecule has 2 aromatic carbocycles. The van der Waals surface area contributed by atoms with E-state index in [4.69, 9.17) is 25.4 Å². The number of hydrogen-bond acceptors (Lipinski definition) is 11. The van der Waals surface area contributed by atoms with E-state index < -0.39 is 48.8 Å². The van der Waals surface area contributed by atoms with Crippen LogP contribution in [0.5, 0.6) is 5.75 Å². The van der Waals surface area contributed by atoms with Crippen LogP contribution in [0.4, 0.5) is 0 Å². The number of aryl methyl sites for hydroxylation is 1. The van der Waals surface area contributed by atoms with Gasteiger partial charge in [0.1, 0.15) is 24.9 Å². The Kier molecular flexibility index (Phi) is 16.3. The number of nitrogens with two attached hydrogens (primary N) is 2. The first-order valence-electron chi connectivity index (χ1n) is 18.6. The van der Waals surface area contributed by atoms with Gasteiger partial charge >= 0.3 is 5.97 Å². The number of esters is 1. The van der Waals surface area contributed by atoms with E-state index in [-0.39, 0.29) is 53.8 Å². The van der Waals surface area contributed by atoms with Gasteiger partial charge < -0.3 is 36.0 Å². The Bertz CT molecular complexity index is 1780. The average molecular weight is 804 g/mol. The van der Waals surface area contributed by atoms with Crippen molar-refractivity contribution in [1.82, 2.24) is 20.3 Å². The predicted octanol–water partition coefficient (Wildman–Crippen LogP) is 2.76. The molecule has 3 atom stereocenters. The number of hydrogen-bond donors (Lipinski definition) is 5. The van der Waals surface area contributed by atoms with Crippen LogP contribution >= 0.6 is 0 Å². The second kappa shape index (κ2) is 19.7. The van der Waals surface area contributed by atoms with Gasteiger partial charge in [0, 0.05) is 32.3 Å². The highest BCUT2D eigenvalue weighted by Crippen LogP contribution is 2.36. The highest BCUT2D eigenvalue weighted by atomic mass is 32.2. The molecule has 0 unspecified atom stereocenters. The summed E-state index contributed by atoms with van der Waals surface area (Å²) in [7, 11) is -4.57. The van der Waals surface area contributed by atoms with Gasteiger partial charge in [0.2, 0.25) is 17.8 Å². The predicted molar refractivity (Wildman–Crippen MR) is 216 cm³/mol. The molecule has 7 N–H and O–H groups in total. The summed E-state index contributed by atoms with van der Waals surface area (Å²) in [5.74, 6) is -1.35. The lowest BCUT2D eigenvalue weighted by molar-refractivity contribution is -0.145. The van der Waals surface area contributed by atoms with Gasteiger partial charge in [0.25, 0.3) is 10.0 Å². The monoisotopic (exact) mass is 803 g/mol. The quantitative estimate of drug-likeness (QED) is 0.0486. The van der Waals surface area contributed by atoms with Gasteiger partial charge in [-0.05, 0) is 86.5 Å². The highest BCUT2D eigenvalue weighted by Gasteiger charge is 2.39. The molecule has 1 saturated heterocycles. The van der Waals surface area contributed by atoms with E-state index in [1.807, 2.05) is 35.2 Å². The number of benzene rings is 2. The van der Waals surface area contributed by atoms with Crippen molar-refractivity contribution in [2.75, 3.05) is 39.9 Å². The molecule has 306 valence electrons. The Hall–Kier alpha value is -4.03. The number of likely N-dealkylation sites (tertiary alicyclic amines) is 1. The van der Waals surface area contributed by atoms with Crippen LogP contribution in [-0.4, -0.2) is 103 Å². The second-order valence-electron chi connectivity index (χ2n) is 15.5. The summed E-state index contributed by atoms with van der Waals surface area (Å²) < 4.78 is 45.9. The van der Waals surface area contributed by atoms with Crippen LogP contribution in [0.15, 0.2) is 46.3 Å². The van der Waals surface area contributed by atoms with Crippen LogP contribution in [0.1, 0.15) is 62.3 Å². The topological polar surface area (TPSA) is 217 Å². The fourth-order valence-electron chi connectivity index (χ4n) is 6.06. The van der Waals surface area contributed by atoms with E-state index in [0.29, 0.717) is 48.6 Å². The number of sulfonamides is 1. The first-order valence-corrected chi connectivity index (χ1v) is 22.9. The molecule has 0 saturated carbocycles. The average Bonchev–Trinajstić information content (AvgIpc) is 3.48. The van der Waals surface area contributed by atoms with E-state index >= 15 is 0 Å². The van der Waals surface area contributed by atoms with Crippen molar-refractivity contribution in [2.24, 2.45) is 16.5 Å². The van der Waals surface area contributed by atoms with Crippen LogP contribution in [0.3, 0.4) is 0 Å². The molecule has 1 aliphatic heterocycles. The van der Waals surface area contributed by atoms with Crippen molar-refractivity contribution in [2.45, 2.75) is 109 Å². The van der Waals surface area contributed by atoms with Gasteiger partial charge in [-0.1, -0.05) is 51.1 Å². The molecule has 1 aliphatic rings. The molecule has 0 bridgehead atoms. The zero-order valence-corrected chi connectivity index (χ0v) is 35.6. The number of nitrogens with zero attached hydrogens (tertiary/aromatic N) is 2. The molecule has 2 amide bonds. The number of methoxy groups -OCH3 is 1. The van der Waals surface area contributed by atoms with Gasteiger partial charge in [-0.15, -0.1) is 0 Å². The number of carbonyl (C=O) groups is 3. The third kappa shape index (κ3) is 13.0. The number of guanidine groups is 1. The van der Waals surface area contributed by atoms with E-state index in [2.05, 4.69) is 54.2 Å². The van der Waals surface area contributed by atoms with Gasteiger partial charge in [0.05, 0.1) is 18.0 Å². The first kappa shape index (κ1) is 45.4. The van der Waals surface area contributed by atoms with Crippen molar-refractivity contribution < 1.29 is 36.7 Å². The fraction of sp³-hybridized carbons (Fsp3) is 0.579. The standard InChI is InChI=1S/C38H61N7O8SSi/c1-25-20-32(51-7)26(2)27(3)34(25)54(49,50)44-37(40)41-17-13-16-30(35(47)42-22-33(46)52-24-28-14-11-10-12-15-28)43-36(48)31-21-29(39)23-45(31)18-19-53-55(8,9)38(4,5)6/h10-12,14-15,20,29-31H,13,16-19,21-24,39H2,1-9H3,(H,42,47)(H,43,48)(H3,40,41,44)/t29-,30-,31-/m0/s1. The molecule has 17 heteroatoms. The lowest BCUT2D eigenvalue weighted by Crippen LogP contribution is -2.53. The summed E-state index contributed by atoms with van der Waals surface area (Å²) in [6.07, 6.45) is 0.760. The molecule has 0 aromatic heterocycles. The molecular formula is C38H61N7O8SSi. The maximum atomic E-state index is 13.7. The third-order valence-corrected chi connectivity index (χ3v) is 16.5. The maximum absolute atomic E-state index is 13.7. The number of amides is 2. The number of nitrogens with one attached hydrogen (secondary N) is 3. The van der Waals surface area contributed by atoms with Crippen LogP contribution in [0.25, 0.3) is 0 Å². The van der Waals surface area contributed by atoms with E-state index in [1.54, 1.807) is 26.8 Å². The number of rotatable bonds is 18. The summed E-state index contributed by atoms with van der Waals surface area (Å²) in [6.45, 7) is 17.1. The molecular weight excluding hydrogens is 743 g/mol. The van der Waals surface area contributed by atoms with Crippen molar-refractivity contribution in [3.63, 3.8) is 0 Å². The second-order valence-corrected chi connectivity index (χ2v) is 22.0. The highest BCUT2D eigenvalue weighted by molar-refractivity contribution is 7.90. The SMILES string of the molecule is COc1cc(C)c(S(=O)(=O)NC(N)=NCCC[C@H](NC(=O)[C@@H]2C[C@H](N)CN2CCO[Si](C)(C)C(C)(C)C)C(=O)NCC(=O)OCc2ccccc2)c(C)c1C. The summed E-state index contributed by atoms with van der Waals surface area (Å²) in [5.41, 5.74) is 14.8. The normalized spacial score (nSPS) is 17.4. The Morgan fingerprint density at radius 1 is 1.09 bits per heavy atom. The number of ether oxygens (including phenoxy) is 2. The van der Waals surface area contributed by atoms with E-state index in [9.17, 15) is 22.8 Å². The van der Waals surface area contributed by atoms with Crippen molar-refractivity contribution in [1.29, 1.82) is 0 Å². The Balaban J connectivity index is 1.68. The van der Waals surface area contributed by atoms with Gasteiger partial charge in [-0.3, -0.25) is 24.3 Å². The lowest BCUT2D eigenvalue weighted by Gasteiger charge is -2.37. The van der Waals surface area contributed by atoms with Gasteiger partial charge in [0.15, 0.2) is 8.32 Å². The molecule has 1 heterocycles.